The molecule has 0 saturated carbocycles. The van der Waals surface area contributed by atoms with Gasteiger partial charge in [-0.15, -0.1) is 0 Å². The van der Waals surface area contributed by atoms with Crippen molar-refractivity contribution in [1.29, 1.82) is 0 Å². The van der Waals surface area contributed by atoms with Crippen LogP contribution >= 0.6 is 0 Å². The molecule has 6 heterocycles. The van der Waals surface area contributed by atoms with E-state index in [0.29, 0.717) is 55.6 Å². The number of carbonyl (C=O) groups excluding carboxylic acids is 4. The Balaban J connectivity index is 1.05. The van der Waals surface area contributed by atoms with Crippen LogP contribution in [0.25, 0.3) is 0 Å². The van der Waals surface area contributed by atoms with Crippen molar-refractivity contribution in [2.75, 3.05) is 56.9 Å². The number of ether oxygens (including phenoxy) is 10. The number of rotatable bonds is 12. The van der Waals surface area contributed by atoms with Crippen LogP contribution in [-0.2, 0) is 41.6 Å². The van der Waals surface area contributed by atoms with Crippen LogP contribution in [0, 0.1) is 11.8 Å². The van der Waals surface area contributed by atoms with E-state index in [1.165, 1.54) is 24.0 Å². The van der Waals surface area contributed by atoms with Gasteiger partial charge in [-0.1, -0.05) is 36.1 Å². The summed E-state index contributed by atoms with van der Waals surface area (Å²) in [5.41, 5.74) is 8.48. The highest BCUT2D eigenvalue weighted by atomic mass is 16.7. The maximum absolute atomic E-state index is 14.6. The summed E-state index contributed by atoms with van der Waals surface area (Å²) < 4.78 is 62.5. The van der Waals surface area contributed by atoms with Crippen LogP contribution in [0.3, 0.4) is 0 Å². The van der Waals surface area contributed by atoms with Gasteiger partial charge in [0.05, 0.1) is 55.3 Å². The van der Waals surface area contributed by atoms with Crippen molar-refractivity contribution in [2.45, 2.75) is 154 Å². The minimum absolute atomic E-state index is 0.0313. The molecule has 0 spiro atoms. The normalized spacial score (nSPS) is 23.2. The van der Waals surface area contributed by atoms with E-state index < -0.39 is 60.5 Å². The van der Waals surface area contributed by atoms with Gasteiger partial charge in [0.2, 0.25) is 0 Å². The molecule has 6 aliphatic heterocycles. The summed E-state index contributed by atoms with van der Waals surface area (Å²) in [5, 5.41) is 0. The molecular formula is C59H73N5O14. The van der Waals surface area contributed by atoms with Gasteiger partial charge in [0.25, 0.3) is 11.8 Å². The molecule has 4 amide bonds. The predicted octanol–water partition coefficient (Wildman–Crippen LogP) is 8.96. The molecule has 0 radical (unpaired) electrons. The maximum atomic E-state index is 14.6. The summed E-state index contributed by atoms with van der Waals surface area (Å²) in [4.78, 5) is 64.6. The zero-order chi connectivity index (χ0) is 55.6. The van der Waals surface area contributed by atoms with Gasteiger partial charge in [-0.05, 0) is 134 Å². The summed E-state index contributed by atoms with van der Waals surface area (Å²) in [6, 6.07) is 10.8. The number of hydrogen-bond donors (Lipinski definition) is 1. The predicted molar refractivity (Wildman–Crippen MR) is 289 cm³/mol. The van der Waals surface area contributed by atoms with E-state index >= 15 is 0 Å². The van der Waals surface area contributed by atoms with Gasteiger partial charge in [-0.25, -0.2) is 19.4 Å². The number of amides is 4. The largest absolute Gasteiger partial charge is 0.493 e. The summed E-state index contributed by atoms with van der Waals surface area (Å²) in [6.45, 7) is 20.7. The number of anilines is 2. The molecule has 6 atom stereocenters. The van der Waals surface area contributed by atoms with E-state index in [1.807, 2.05) is 18.2 Å². The van der Waals surface area contributed by atoms with E-state index in [9.17, 15) is 19.2 Å². The van der Waals surface area contributed by atoms with Gasteiger partial charge in [0.1, 0.15) is 24.4 Å². The van der Waals surface area contributed by atoms with E-state index in [4.69, 9.17) is 53.1 Å². The van der Waals surface area contributed by atoms with Crippen LogP contribution in [0.5, 0.6) is 23.0 Å². The summed E-state index contributed by atoms with van der Waals surface area (Å²) in [7, 11) is 2.95. The number of benzene rings is 3. The molecule has 0 aromatic heterocycles. The van der Waals surface area contributed by atoms with E-state index in [-0.39, 0.29) is 90.2 Å². The lowest BCUT2D eigenvalue weighted by molar-refractivity contribution is -0.196. The van der Waals surface area contributed by atoms with Crippen molar-refractivity contribution in [3.05, 3.63) is 94.6 Å². The number of nitrogens with two attached hydrogens (primary N) is 1. The standard InChI is InChI=1S/C59H73N5O14/c1-35-22-44-54(75-50-17-11-13-20-71-50)63(56(67)77-58(3,4)5)42-29-48(46(69-9)27-40(42)52(65)61(44)31-35)73-33-38-24-37(16-15-19-60)25-39(26-38)34-74-49-30-43-41(28-47(49)70-10)53(66)62-32-36(2)23-45(62)55(76-51-18-12-14-21-72-51)64(43)57(68)78-59(6,7)8/h24-30,44-45,50-51,54-55H,1-2,11-14,17-23,31-34,60H2,3-10H3/t44-,45-,50?,51?,54-,55-/m0/s1. The van der Waals surface area contributed by atoms with Crippen LogP contribution in [0.4, 0.5) is 21.0 Å². The zero-order valence-electron chi connectivity index (χ0n) is 46.1. The Labute approximate surface area is 456 Å². The Morgan fingerprint density at radius 2 is 1.08 bits per heavy atom. The smallest absolute Gasteiger partial charge is 0.417 e. The number of nitrogens with zero attached hydrogens (tertiary/aromatic N) is 4. The van der Waals surface area contributed by atoms with Gasteiger partial charge in [-0.2, -0.15) is 0 Å². The zero-order valence-corrected chi connectivity index (χ0v) is 46.1. The molecule has 3 aromatic carbocycles. The third-order valence-electron chi connectivity index (χ3n) is 14.0. The van der Waals surface area contributed by atoms with Gasteiger partial charge in [0.15, 0.2) is 48.0 Å². The molecule has 19 heteroatoms. The molecule has 3 aromatic rings. The Bertz CT molecular complexity index is 2690. The molecule has 4 fully saturated rings. The Kier molecular flexibility index (Phi) is 16.7. The van der Waals surface area contributed by atoms with Gasteiger partial charge in [-0.3, -0.25) is 9.59 Å². The molecule has 4 saturated heterocycles. The first kappa shape index (κ1) is 55.9. The lowest BCUT2D eigenvalue weighted by atomic mass is 10.1. The van der Waals surface area contributed by atoms with Crippen molar-refractivity contribution in [1.82, 2.24) is 9.80 Å². The first-order valence-corrected chi connectivity index (χ1v) is 26.8. The SMILES string of the molecule is C=C1C[C@H]2[C@H](OC3CCCCO3)N(C(=O)OC(C)(C)C)c3cc(OCc4cc(C#CCN)cc(COc5cc6c(cc5OC)C(=O)N5CC(=C)C[C@H]5[C@H](OC5CCCCO5)N6C(=O)OC(C)(C)C)c4)c(OC)cc3C(=O)N2C1. The molecular weight excluding hydrogens is 1000 g/mol. The summed E-state index contributed by atoms with van der Waals surface area (Å²) >= 11 is 0. The Morgan fingerprint density at radius 1 is 0.641 bits per heavy atom. The topological polar surface area (TPSA) is 200 Å². The second-order valence-electron chi connectivity index (χ2n) is 22.4. The van der Waals surface area contributed by atoms with Crippen LogP contribution in [0.2, 0.25) is 0 Å². The average molecular weight is 1080 g/mol. The first-order valence-electron chi connectivity index (χ1n) is 26.8. The molecule has 0 aliphatic carbocycles. The minimum Gasteiger partial charge on any atom is -0.493 e. The number of hydrogen-bond acceptors (Lipinski definition) is 15. The first-order chi connectivity index (χ1) is 37.2. The van der Waals surface area contributed by atoms with Crippen LogP contribution in [-0.4, -0.2) is 129 Å². The van der Waals surface area contributed by atoms with Crippen LogP contribution in [0.15, 0.2) is 66.8 Å². The van der Waals surface area contributed by atoms with E-state index in [2.05, 4.69) is 25.0 Å². The minimum atomic E-state index is -1.00. The molecule has 9 rings (SSSR count). The monoisotopic (exact) mass is 1080 g/mol. The molecule has 78 heavy (non-hydrogen) atoms. The highest BCUT2D eigenvalue weighted by Crippen LogP contribution is 2.46. The Hall–Kier alpha value is -6.82. The summed E-state index contributed by atoms with van der Waals surface area (Å²) in [5.74, 6) is 6.36. The lowest BCUT2D eigenvalue weighted by Crippen LogP contribution is -2.54. The quantitative estimate of drug-likeness (QED) is 0.133. The van der Waals surface area contributed by atoms with Crippen molar-refractivity contribution in [2.24, 2.45) is 5.73 Å². The Morgan fingerprint density at radius 3 is 1.45 bits per heavy atom. The number of carbonyl (C=O) groups is 4. The number of methoxy groups -OCH3 is 2. The third kappa shape index (κ3) is 12.4. The molecule has 0 bridgehead atoms. The lowest BCUT2D eigenvalue weighted by Gasteiger charge is -2.39. The fraction of sp³-hybridized carbons (Fsp3) is 0.525. The molecule has 2 unspecified atom stereocenters. The maximum Gasteiger partial charge on any atom is 0.417 e. The second kappa shape index (κ2) is 23.3. The average Bonchev–Trinajstić information content (AvgIpc) is 4.16. The van der Waals surface area contributed by atoms with E-state index in [0.717, 1.165) is 36.8 Å². The van der Waals surface area contributed by atoms with Crippen molar-refractivity contribution >= 4 is 35.4 Å². The third-order valence-corrected chi connectivity index (χ3v) is 14.0. The van der Waals surface area contributed by atoms with Gasteiger partial charge in [0, 0.05) is 44.0 Å². The van der Waals surface area contributed by atoms with Crippen LogP contribution in [0.1, 0.15) is 130 Å². The highest BCUT2D eigenvalue weighted by Gasteiger charge is 2.51. The second-order valence-corrected chi connectivity index (χ2v) is 22.4. The van der Waals surface area contributed by atoms with Crippen LogP contribution < -0.4 is 34.5 Å². The molecule has 6 aliphatic rings. The molecule has 418 valence electrons. The summed E-state index contributed by atoms with van der Waals surface area (Å²) in [6.07, 6.45) is 0.886. The van der Waals surface area contributed by atoms with E-state index in [1.54, 1.807) is 75.6 Å². The molecule has 19 nitrogen and oxygen atoms in total. The van der Waals surface area contributed by atoms with Crippen molar-refractivity contribution < 1.29 is 66.5 Å². The fourth-order valence-electron chi connectivity index (χ4n) is 10.7. The number of fused-ring (bicyclic) bond motifs is 4. The van der Waals surface area contributed by atoms with Gasteiger partial charge >= 0.3 is 12.2 Å². The van der Waals surface area contributed by atoms with Crippen molar-refractivity contribution in [3.8, 4) is 34.8 Å². The van der Waals surface area contributed by atoms with Crippen molar-refractivity contribution in [3.63, 3.8) is 0 Å². The fourth-order valence-corrected chi connectivity index (χ4v) is 10.7. The molecule has 2 N–H and O–H groups in total. The highest BCUT2D eigenvalue weighted by molar-refractivity contribution is 6.07. The van der Waals surface area contributed by atoms with Gasteiger partial charge < -0.3 is 62.9 Å².